The van der Waals surface area contributed by atoms with E-state index in [1.807, 2.05) is 36.4 Å². The Morgan fingerprint density at radius 1 is 1.13 bits per heavy atom. The Balaban J connectivity index is 1.54. The molecule has 30 heavy (non-hydrogen) atoms. The smallest absolute Gasteiger partial charge is 0.215 e. The topological polar surface area (TPSA) is 120 Å². The number of hydrogen-bond acceptors (Lipinski definition) is 8. The van der Waals surface area contributed by atoms with Crippen LogP contribution in [0.15, 0.2) is 42.6 Å². The molecule has 0 saturated heterocycles. The van der Waals surface area contributed by atoms with E-state index in [0.717, 1.165) is 46.9 Å². The van der Waals surface area contributed by atoms with Crippen molar-refractivity contribution in [2.75, 3.05) is 10.6 Å². The molecule has 1 aromatic carbocycles. The second-order valence-electron chi connectivity index (χ2n) is 7.82. The number of nitrogens with one attached hydrogen (secondary N) is 4. The van der Waals surface area contributed by atoms with E-state index in [1.165, 1.54) is 6.42 Å². The highest BCUT2D eigenvalue weighted by Gasteiger charge is 2.22. The second-order valence-corrected chi connectivity index (χ2v) is 7.82. The first-order chi connectivity index (χ1) is 14.7. The van der Waals surface area contributed by atoms with E-state index >= 15 is 0 Å². The van der Waals surface area contributed by atoms with Gasteiger partial charge in [-0.05, 0) is 37.1 Å². The number of aromatic nitrogens is 2. The largest absolute Gasteiger partial charge is 0.493 e. The van der Waals surface area contributed by atoms with Crippen molar-refractivity contribution in [1.82, 2.24) is 20.8 Å². The number of pyridine rings is 2. The van der Waals surface area contributed by atoms with Crippen molar-refractivity contribution in [3.8, 4) is 0 Å². The van der Waals surface area contributed by atoms with E-state index in [0.29, 0.717) is 11.0 Å². The molecule has 2 aromatic heterocycles. The maximum atomic E-state index is 10.4. The van der Waals surface area contributed by atoms with Crippen molar-refractivity contribution in [2.45, 2.75) is 37.8 Å². The lowest BCUT2D eigenvalue weighted by Crippen LogP contribution is -2.46. The standard InChI is InChI=1S/C22H25N7O/c23-16-5-1-2-6-17(16)27-19-10-14-12-25-29-22(30)20(14)21(28-19)26-15-8-7-13-4-3-9-24-18(13)11-15/h3-4,7-12,16-17,25,27,29-30H,1-2,5-6,23H2,(H,26,28)/t16-,17+/m0/s1. The van der Waals surface area contributed by atoms with Gasteiger partial charge in [-0.1, -0.05) is 25.0 Å². The second kappa shape index (κ2) is 7.72. The summed E-state index contributed by atoms with van der Waals surface area (Å²) in [6, 6.07) is 12.1. The molecule has 0 radical (unpaired) electrons. The predicted octanol–water partition coefficient (Wildman–Crippen LogP) is 1.52. The predicted molar refractivity (Wildman–Crippen MR) is 119 cm³/mol. The molecule has 8 nitrogen and oxygen atoms in total. The Morgan fingerprint density at radius 3 is 2.93 bits per heavy atom. The summed E-state index contributed by atoms with van der Waals surface area (Å²) in [5.41, 5.74) is 13.6. The van der Waals surface area contributed by atoms with Crippen LogP contribution in [0.5, 0.6) is 0 Å². The van der Waals surface area contributed by atoms with Gasteiger partial charge in [-0.25, -0.2) is 4.98 Å². The number of nitrogens with two attached hydrogens (primary N) is 1. The van der Waals surface area contributed by atoms with E-state index in [9.17, 15) is 5.11 Å². The van der Waals surface area contributed by atoms with Crippen LogP contribution >= 0.6 is 0 Å². The molecule has 1 fully saturated rings. The summed E-state index contributed by atoms with van der Waals surface area (Å²) in [6.45, 7) is 0. The third kappa shape index (κ3) is 3.57. The van der Waals surface area contributed by atoms with Crippen molar-refractivity contribution < 1.29 is 5.11 Å². The van der Waals surface area contributed by atoms with Crippen LogP contribution in [0.3, 0.4) is 0 Å². The van der Waals surface area contributed by atoms with Gasteiger partial charge >= 0.3 is 0 Å². The first kappa shape index (κ1) is 18.5. The molecule has 5 rings (SSSR count). The minimum Gasteiger partial charge on any atom is -0.493 e. The van der Waals surface area contributed by atoms with E-state index in [2.05, 4.69) is 26.5 Å². The van der Waals surface area contributed by atoms with Crippen LogP contribution in [0, 0.1) is 0 Å². The summed E-state index contributed by atoms with van der Waals surface area (Å²) in [7, 11) is 0. The van der Waals surface area contributed by atoms with Crippen LogP contribution in [0.25, 0.3) is 23.0 Å². The number of anilines is 3. The highest BCUT2D eigenvalue weighted by molar-refractivity contribution is 5.83. The van der Waals surface area contributed by atoms with Crippen molar-refractivity contribution >= 4 is 40.3 Å². The minimum atomic E-state index is 0.0160. The quantitative estimate of drug-likeness (QED) is 0.388. The first-order valence-electron chi connectivity index (χ1n) is 10.3. The number of hydrazine groups is 1. The van der Waals surface area contributed by atoms with Gasteiger partial charge in [0.1, 0.15) is 11.6 Å². The molecule has 0 spiro atoms. The molecule has 2 atom stereocenters. The number of fused-ring (bicyclic) bond motifs is 2. The number of rotatable bonds is 4. The molecule has 1 aliphatic heterocycles. The van der Waals surface area contributed by atoms with Gasteiger partial charge in [0.15, 0.2) is 0 Å². The molecule has 8 heteroatoms. The number of benzene rings is 1. The molecule has 3 aromatic rings. The third-order valence-electron chi connectivity index (χ3n) is 5.73. The molecule has 3 heterocycles. The van der Waals surface area contributed by atoms with Crippen LogP contribution < -0.4 is 37.7 Å². The molecule has 1 saturated carbocycles. The van der Waals surface area contributed by atoms with Crippen molar-refractivity contribution in [3.05, 3.63) is 53.0 Å². The summed E-state index contributed by atoms with van der Waals surface area (Å²) in [5.74, 6) is 1.30. The third-order valence-corrected chi connectivity index (χ3v) is 5.73. The van der Waals surface area contributed by atoms with E-state index in [1.54, 1.807) is 12.4 Å². The van der Waals surface area contributed by atoms with Gasteiger partial charge < -0.3 is 26.9 Å². The van der Waals surface area contributed by atoms with E-state index < -0.39 is 0 Å². The van der Waals surface area contributed by atoms with Crippen molar-refractivity contribution in [1.29, 1.82) is 0 Å². The molecular formula is C22H25N7O. The molecule has 1 aliphatic carbocycles. The number of hydrogen-bond donors (Lipinski definition) is 6. The molecule has 2 aliphatic rings. The van der Waals surface area contributed by atoms with Gasteiger partial charge in [-0.3, -0.25) is 10.4 Å². The lowest BCUT2D eigenvalue weighted by atomic mass is 9.91. The highest BCUT2D eigenvalue weighted by atomic mass is 16.3. The van der Waals surface area contributed by atoms with Gasteiger partial charge in [0, 0.05) is 40.8 Å². The van der Waals surface area contributed by atoms with Gasteiger partial charge in [0.2, 0.25) is 5.88 Å². The SMILES string of the molecule is N[C@H]1CCCC[C@H]1Nc1cc2c(c(Nc3ccc4cccnc4c3)n1)=C(O)NNC=2. The van der Waals surface area contributed by atoms with Gasteiger partial charge in [0.05, 0.1) is 10.7 Å². The number of aliphatic hydroxyl groups excluding tert-OH is 1. The van der Waals surface area contributed by atoms with Crippen molar-refractivity contribution in [2.24, 2.45) is 5.73 Å². The minimum absolute atomic E-state index is 0.0160. The van der Waals surface area contributed by atoms with Crippen LogP contribution in [0.1, 0.15) is 25.7 Å². The summed E-state index contributed by atoms with van der Waals surface area (Å²) < 4.78 is 0. The Hall–Kier alpha value is -3.52. The monoisotopic (exact) mass is 403 g/mol. The lowest BCUT2D eigenvalue weighted by molar-refractivity contribution is 0.403. The fourth-order valence-electron chi connectivity index (χ4n) is 4.15. The fraction of sp³-hybridized carbons (Fsp3) is 0.273. The Labute approximate surface area is 173 Å². The van der Waals surface area contributed by atoms with Crippen molar-refractivity contribution in [3.63, 3.8) is 0 Å². The van der Waals surface area contributed by atoms with Crippen LogP contribution in [-0.2, 0) is 0 Å². The maximum absolute atomic E-state index is 10.4. The maximum Gasteiger partial charge on any atom is 0.215 e. The average Bonchev–Trinajstić information content (AvgIpc) is 2.75. The number of nitrogens with zero attached hydrogens (tertiary/aromatic N) is 2. The summed E-state index contributed by atoms with van der Waals surface area (Å²) in [5, 5.41) is 19.8. The van der Waals surface area contributed by atoms with Crippen LogP contribution in [0.2, 0.25) is 0 Å². The zero-order chi connectivity index (χ0) is 20.5. The lowest BCUT2D eigenvalue weighted by Gasteiger charge is -2.30. The number of aliphatic hydroxyl groups is 1. The van der Waals surface area contributed by atoms with Crippen LogP contribution in [0.4, 0.5) is 17.3 Å². The van der Waals surface area contributed by atoms with Gasteiger partial charge in [-0.15, -0.1) is 0 Å². The zero-order valence-corrected chi connectivity index (χ0v) is 16.5. The summed E-state index contributed by atoms with van der Waals surface area (Å²) in [4.78, 5) is 9.19. The molecule has 7 N–H and O–H groups in total. The highest BCUT2D eigenvalue weighted by Crippen LogP contribution is 2.22. The summed E-state index contributed by atoms with van der Waals surface area (Å²) >= 11 is 0. The Morgan fingerprint density at radius 2 is 2.03 bits per heavy atom. The van der Waals surface area contributed by atoms with Gasteiger partial charge in [0.25, 0.3) is 0 Å². The molecular weight excluding hydrogens is 378 g/mol. The normalized spacial score (nSPS) is 20.5. The molecule has 0 amide bonds. The molecule has 0 unspecified atom stereocenters. The first-order valence-corrected chi connectivity index (χ1v) is 10.3. The van der Waals surface area contributed by atoms with Gasteiger partial charge in [-0.2, -0.15) is 0 Å². The zero-order valence-electron chi connectivity index (χ0n) is 16.5. The Kier molecular flexibility index (Phi) is 4.76. The average molecular weight is 403 g/mol. The molecule has 0 bridgehead atoms. The fourth-order valence-corrected chi connectivity index (χ4v) is 4.15. The Bertz CT molecular complexity index is 1210. The molecule has 154 valence electrons. The van der Waals surface area contributed by atoms with E-state index in [-0.39, 0.29) is 18.0 Å². The van der Waals surface area contributed by atoms with Crippen LogP contribution in [-0.4, -0.2) is 27.2 Å². The van der Waals surface area contributed by atoms with E-state index in [4.69, 9.17) is 10.7 Å². The summed E-state index contributed by atoms with van der Waals surface area (Å²) in [6.07, 6.45) is 7.96.